The number of benzene rings is 2. The van der Waals surface area contributed by atoms with Crippen LogP contribution in [0.3, 0.4) is 0 Å². The van der Waals surface area contributed by atoms with E-state index in [9.17, 15) is 9.90 Å². The first-order valence-corrected chi connectivity index (χ1v) is 10.3. The van der Waals surface area contributed by atoms with Crippen LogP contribution in [0.25, 0.3) is 0 Å². The van der Waals surface area contributed by atoms with Crippen molar-refractivity contribution in [1.82, 2.24) is 15.1 Å². The number of nitrogens with zero attached hydrogens (tertiary/aromatic N) is 2. The van der Waals surface area contributed by atoms with Crippen molar-refractivity contribution in [2.45, 2.75) is 25.6 Å². The third-order valence-electron chi connectivity index (χ3n) is 5.57. The topological polar surface area (TPSA) is 65.0 Å². The molecule has 6 nitrogen and oxygen atoms in total. The maximum atomic E-state index is 11.5. The summed E-state index contributed by atoms with van der Waals surface area (Å²) < 4.78 is 5.79. The summed E-state index contributed by atoms with van der Waals surface area (Å²) in [6, 6.07) is 16.4. The van der Waals surface area contributed by atoms with Crippen molar-refractivity contribution in [2.24, 2.45) is 0 Å². The summed E-state index contributed by atoms with van der Waals surface area (Å²) in [6.07, 6.45) is 0.510. The Bertz CT molecular complexity index is 824. The largest absolute Gasteiger partial charge is 0.491 e. The highest BCUT2D eigenvalue weighted by Gasteiger charge is 2.19. The van der Waals surface area contributed by atoms with Gasteiger partial charge >= 0.3 is 0 Å². The molecule has 0 spiro atoms. The number of nitrogens with one attached hydrogen (secondary N) is 1. The van der Waals surface area contributed by atoms with Crippen molar-refractivity contribution in [3.63, 3.8) is 0 Å². The summed E-state index contributed by atoms with van der Waals surface area (Å²) in [4.78, 5) is 15.9. The van der Waals surface area contributed by atoms with E-state index in [1.54, 1.807) is 0 Å². The molecule has 0 radical (unpaired) electrons. The number of ether oxygens (including phenoxy) is 1. The second kappa shape index (κ2) is 9.39. The maximum Gasteiger partial charge on any atom is 0.234 e. The monoisotopic (exact) mass is 395 g/mol. The predicted molar refractivity (Wildman–Crippen MR) is 112 cm³/mol. The molecule has 1 saturated heterocycles. The molecule has 0 aliphatic carbocycles. The first-order chi connectivity index (χ1) is 14.2. The third kappa shape index (κ3) is 5.56. The quantitative estimate of drug-likeness (QED) is 0.742. The van der Waals surface area contributed by atoms with E-state index in [1.807, 2.05) is 24.3 Å². The first kappa shape index (κ1) is 19.9. The van der Waals surface area contributed by atoms with E-state index in [0.717, 1.165) is 43.9 Å². The summed E-state index contributed by atoms with van der Waals surface area (Å²) in [6.45, 7) is 5.54. The van der Waals surface area contributed by atoms with Crippen molar-refractivity contribution in [3.05, 3.63) is 65.2 Å². The van der Waals surface area contributed by atoms with Gasteiger partial charge in [-0.2, -0.15) is 0 Å². The van der Waals surface area contributed by atoms with Crippen LogP contribution in [0.1, 0.15) is 16.7 Å². The van der Waals surface area contributed by atoms with Crippen molar-refractivity contribution in [2.75, 3.05) is 39.3 Å². The second-order valence-electron chi connectivity index (χ2n) is 7.92. The number of carbonyl (C=O) groups excluding carboxylic acids is 1. The SMILES string of the molecule is O=C1CN(Cc2ccc(OC[C@@H](O)CN3CCc4ccccc4C3)cc2)CCN1. The van der Waals surface area contributed by atoms with Gasteiger partial charge in [-0.05, 0) is 35.2 Å². The Morgan fingerprint density at radius 1 is 1.00 bits per heavy atom. The Balaban J connectivity index is 1.21. The summed E-state index contributed by atoms with van der Waals surface area (Å²) in [5.41, 5.74) is 3.92. The molecule has 1 atom stereocenters. The number of piperazine rings is 1. The minimum Gasteiger partial charge on any atom is -0.491 e. The van der Waals surface area contributed by atoms with Gasteiger partial charge in [0, 0.05) is 39.3 Å². The van der Waals surface area contributed by atoms with Crippen molar-refractivity contribution in [1.29, 1.82) is 0 Å². The molecule has 2 aromatic carbocycles. The molecule has 29 heavy (non-hydrogen) atoms. The predicted octanol–water partition coefficient (Wildman–Crippen LogP) is 1.42. The van der Waals surface area contributed by atoms with Crippen LogP contribution in [0.2, 0.25) is 0 Å². The molecule has 0 aromatic heterocycles. The number of amides is 1. The molecule has 1 fully saturated rings. The van der Waals surface area contributed by atoms with Gasteiger partial charge in [0.05, 0.1) is 6.54 Å². The van der Waals surface area contributed by atoms with Gasteiger partial charge in [0.25, 0.3) is 0 Å². The van der Waals surface area contributed by atoms with Gasteiger partial charge in [0.1, 0.15) is 18.5 Å². The molecule has 154 valence electrons. The molecule has 2 aliphatic rings. The fourth-order valence-electron chi connectivity index (χ4n) is 4.03. The Morgan fingerprint density at radius 3 is 2.59 bits per heavy atom. The summed E-state index contributed by atoms with van der Waals surface area (Å²) in [5.74, 6) is 0.843. The van der Waals surface area contributed by atoms with Gasteiger partial charge in [-0.3, -0.25) is 14.6 Å². The second-order valence-corrected chi connectivity index (χ2v) is 7.92. The Labute approximate surface area is 172 Å². The van der Waals surface area contributed by atoms with Crippen molar-refractivity contribution < 1.29 is 14.6 Å². The minimum absolute atomic E-state index is 0.0855. The molecule has 4 rings (SSSR count). The van der Waals surface area contributed by atoms with Gasteiger partial charge < -0.3 is 15.2 Å². The van der Waals surface area contributed by atoms with Crippen LogP contribution in [0.4, 0.5) is 0 Å². The van der Waals surface area contributed by atoms with Gasteiger partial charge in [-0.25, -0.2) is 0 Å². The first-order valence-electron chi connectivity index (χ1n) is 10.3. The zero-order chi connectivity index (χ0) is 20.1. The highest BCUT2D eigenvalue weighted by molar-refractivity contribution is 5.78. The standard InChI is InChI=1S/C23H29N3O3/c27-21(15-25-11-9-19-3-1-2-4-20(19)14-25)17-29-22-7-5-18(6-8-22)13-26-12-10-24-23(28)16-26/h1-8,21,27H,9-17H2,(H,24,28)/t21-/m0/s1. The molecule has 1 amide bonds. The zero-order valence-electron chi connectivity index (χ0n) is 16.7. The van der Waals surface area contributed by atoms with Gasteiger partial charge in [-0.1, -0.05) is 36.4 Å². The third-order valence-corrected chi connectivity index (χ3v) is 5.57. The highest BCUT2D eigenvalue weighted by atomic mass is 16.5. The van der Waals surface area contributed by atoms with Crippen LogP contribution in [-0.2, 0) is 24.3 Å². The number of β-amino-alcohol motifs (C(OH)–C–C–N with tert-alkyl or cyclic N) is 1. The molecule has 0 saturated carbocycles. The Kier molecular flexibility index (Phi) is 6.44. The van der Waals surface area contributed by atoms with E-state index in [1.165, 1.54) is 11.1 Å². The van der Waals surface area contributed by atoms with Crippen LogP contribution >= 0.6 is 0 Å². The zero-order valence-corrected chi connectivity index (χ0v) is 16.7. The molecule has 0 unspecified atom stereocenters. The molecule has 0 bridgehead atoms. The number of hydrogen-bond donors (Lipinski definition) is 2. The molecular weight excluding hydrogens is 366 g/mol. The number of hydrogen-bond acceptors (Lipinski definition) is 5. The molecule has 2 heterocycles. The van der Waals surface area contributed by atoms with E-state index < -0.39 is 6.10 Å². The number of aliphatic hydroxyl groups excluding tert-OH is 1. The number of rotatable bonds is 7. The molecule has 6 heteroatoms. The van der Waals surface area contributed by atoms with Crippen LogP contribution in [-0.4, -0.2) is 66.2 Å². The average Bonchev–Trinajstić information content (AvgIpc) is 2.73. The highest BCUT2D eigenvalue weighted by Crippen LogP contribution is 2.19. The van der Waals surface area contributed by atoms with E-state index in [2.05, 4.69) is 39.4 Å². The van der Waals surface area contributed by atoms with Crippen molar-refractivity contribution >= 4 is 5.91 Å². The fraction of sp³-hybridized carbons (Fsp3) is 0.435. The van der Waals surface area contributed by atoms with Gasteiger partial charge in [-0.15, -0.1) is 0 Å². The normalized spacial score (nSPS) is 18.7. The lowest BCUT2D eigenvalue weighted by Crippen LogP contribution is -2.47. The van der Waals surface area contributed by atoms with E-state index in [0.29, 0.717) is 19.6 Å². The average molecular weight is 396 g/mol. The van der Waals surface area contributed by atoms with Crippen molar-refractivity contribution in [3.8, 4) is 5.75 Å². The molecular formula is C23H29N3O3. The van der Waals surface area contributed by atoms with E-state index in [4.69, 9.17) is 4.74 Å². The van der Waals surface area contributed by atoms with Crippen LogP contribution < -0.4 is 10.1 Å². The van der Waals surface area contributed by atoms with Gasteiger partial charge in [0.15, 0.2) is 0 Å². The molecule has 2 aromatic rings. The summed E-state index contributed by atoms with van der Waals surface area (Å²) >= 11 is 0. The fourth-order valence-corrected chi connectivity index (χ4v) is 4.03. The maximum absolute atomic E-state index is 11.5. The van der Waals surface area contributed by atoms with Crippen LogP contribution in [0.15, 0.2) is 48.5 Å². The van der Waals surface area contributed by atoms with Crippen LogP contribution in [0.5, 0.6) is 5.75 Å². The molecule has 2 N–H and O–H groups in total. The minimum atomic E-state index is -0.521. The summed E-state index contributed by atoms with van der Waals surface area (Å²) in [5, 5.41) is 13.2. The van der Waals surface area contributed by atoms with Gasteiger partial charge in [0.2, 0.25) is 5.91 Å². The number of aliphatic hydroxyl groups is 1. The number of fused-ring (bicyclic) bond motifs is 1. The lowest BCUT2D eigenvalue weighted by atomic mass is 10.00. The van der Waals surface area contributed by atoms with E-state index >= 15 is 0 Å². The lowest BCUT2D eigenvalue weighted by molar-refractivity contribution is -0.124. The van der Waals surface area contributed by atoms with E-state index in [-0.39, 0.29) is 12.5 Å². The lowest BCUT2D eigenvalue weighted by Gasteiger charge is -2.30. The summed E-state index contributed by atoms with van der Waals surface area (Å²) in [7, 11) is 0. The molecule has 2 aliphatic heterocycles. The number of carbonyl (C=O) groups is 1. The Morgan fingerprint density at radius 2 is 1.79 bits per heavy atom. The van der Waals surface area contributed by atoms with Crippen LogP contribution in [0, 0.1) is 0 Å². The Hall–Kier alpha value is -2.41. The smallest absolute Gasteiger partial charge is 0.234 e.